The summed E-state index contributed by atoms with van der Waals surface area (Å²) in [6.45, 7) is 10.3. The standard InChI is InChI=1S/C13H26O3/c1-6-8-9-10-15-11(3)12(14)16-13(4,5)7-2/h11H,6-10H2,1-5H3. The lowest BCUT2D eigenvalue weighted by Crippen LogP contribution is -2.33. The Labute approximate surface area is 99.5 Å². The fourth-order valence-corrected chi connectivity index (χ4v) is 1.11. The van der Waals surface area contributed by atoms with Crippen molar-refractivity contribution in [2.45, 2.75) is 72.0 Å². The average molecular weight is 230 g/mol. The molecule has 0 aliphatic rings. The van der Waals surface area contributed by atoms with Crippen LogP contribution in [-0.2, 0) is 14.3 Å². The number of rotatable bonds is 8. The predicted molar refractivity (Wildman–Crippen MR) is 65.4 cm³/mol. The summed E-state index contributed by atoms with van der Waals surface area (Å²) in [6.07, 6.45) is 3.66. The highest BCUT2D eigenvalue weighted by molar-refractivity contribution is 5.74. The maximum absolute atomic E-state index is 11.6. The van der Waals surface area contributed by atoms with Gasteiger partial charge in [-0.05, 0) is 33.6 Å². The Morgan fingerprint density at radius 2 is 1.88 bits per heavy atom. The molecule has 0 spiro atoms. The SMILES string of the molecule is CCCCCOC(C)C(=O)OC(C)(C)CC. The zero-order chi connectivity index (χ0) is 12.6. The third-order valence-electron chi connectivity index (χ3n) is 2.68. The summed E-state index contributed by atoms with van der Waals surface area (Å²) >= 11 is 0. The molecule has 1 atom stereocenters. The minimum Gasteiger partial charge on any atom is -0.458 e. The van der Waals surface area contributed by atoms with E-state index in [0.717, 1.165) is 25.7 Å². The first-order valence-electron chi connectivity index (χ1n) is 6.27. The molecule has 0 saturated heterocycles. The minimum absolute atomic E-state index is 0.261. The van der Waals surface area contributed by atoms with Gasteiger partial charge in [-0.15, -0.1) is 0 Å². The topological polar surface area (TPSA) is 35.5 Å². The van der Waals surface area contributed by atoms with Crippen LogP contribution in [0.4, 0.5) is 0 Å². The van der Waals surface area contributed by atoms with Crippen molar-refractivity contribution in [3.05, 3.63) is 0 Å². The number of unbranched alkanes of at least 4 members (excludes halogenated alkanes) is 2. The Hall–Kier alpha value is -0.570. The van der Waals surface area contributed by atoms with Gasteiger partial charge < -0.3 is 9.47 Å². The van der Waals surface area contributed by atoms with Crippen LogP contribution in [0.3, 0.4) is 0 Å². The van der Waals surface area contributed by atoms with Crippen LogP contribution in [0, 0.1) is 0 Å². The fraction of sp³-hybridized carbons (Fsp3) is 0.923. The third-order valence-corrected chi connectivity index (χ3v) is 2.68. The van der Waals surface area contributed by atoms with Crippen molar-refractivity contribution in [2.24, 2.45) is 0 Å². The maximum Gasteiger partial charge on any atom is 0.335 e. The Bertz CT molecular complexity index is 199. The van der Waals surface area contributed by atoms with Gasteiger partial charge in [0.1, 0.15) is 5.60 Å². The second-order valence-corrected chi connectivity index (χ2v) is 4.75. The van der Waals surface area contributed by atoms with Crippen molar-refractivity contribution < 1.29 is 14.3 Å². The molecule has 3 heteroatoms. The molecule has 0 amide bonds. The van der Waals surface area contributed by atoms with Crippen molar-refractivity contribution in [1.82, 2.24) is 0 Å². The zero-order valence-corrected chi connectivity index (χ0v) is 11.3. The quantitative estimate of drug-likeness (QED) is 0.474. The molecule has 0 aliphatic heterocycles. The number of hydrogen-bond donors (Lipinski definition) is 0. The molecular weight excluding hydrogens is 204 g/mol. The van der Waals surface area contributed by atoms with Crippen LogP contribution in [0.2, 0.25) is 0 Å². The molecule has 0 aromatic rings. The van der Waals surface area contributed by atoms with Gasteiger partial charge in [-0.25, -0.2) is 4.79 Å². The molecule has 0 aromatic heterocycles. The van der Waals surface area contributed by atoms with Gasteiger partial charge >= 0.3 is 5.97 Å². The van der Waals surface area contributed by atoms with Gasteiger partial charge in [-0.1, -0.05) is 26.7 Å². The molecule has 0 radical (unpaired) electrons. The van der Waals surface area contributed by atoms with E-state index in [1.54, 1.807) is 6.92 Å². The lowest BCUT2D eigenvalue weighted by Gasteiger charge is -2.25. The predicted octanol–water partition coefficient (Wildman–Crippen LogP) is 3.31. The highest BCUT2D eigenvalue weighted by atomic mass is 16.6. The molecule has 16 heavy (non-hydrogen) atoms. The van der Waals surface area contributed by atoms with E-state index in [1.165, 1.54) is 0 Å². The average Bonchev–Trinajstić information content (AvgIpc) is 2.23. The van der Waals surface area contributed by atoms with Crippen molar-refractivity contribution in [3.8, 4) is 0 Å². The second kappa shape index (κ2) is 7.66. The lowest BCUT2D eigenvalue weighted by atomic mass is 10.1. The highest BCUT2D eigenvalue weighted by Crippen LogP contribution is 2.15. The van der Waals surface area contributed by atoms with Crippen molar-refractivity contribution in [2.75, 3.05) is 6.61 Å². The van der Waals surface area contributed by atoms with E-state index >= 15 is 0 Å². The van der Waals surface area contributed by atoms with Crippen molar-refractivity contribution in [1.29, 1.82) is 0 Å². The van der Waals surface area contributed by atoms with E-state index in [1.807, 2.05) is 20.8 Å². The molecule has 0 aromatic carbocycles. The van der Waals surface area contributed by atoms with Gasteiger partial charge in [-0.2, -0.15) is 0 Å². The number of hydrogen-bond acceptors (Lipinski definition) is 3. The van der Waals surface area contributed by atoms with Crippen molar-refractivity contribution in [3.63, 3.8) is 0 Å². The number of esters is 1. The smallest absolute Gasteiger partial charge is 0.335 e. The van der Waals surface area contributed by atoms with E-state index in [0.29, 0.717) is 6.61 Å². The number of carbonyl (C=O) groups is 1. The van der Waals surface area contributed by atoms with Gasteiger partial charge in [0.05, 0.1) is 0 Å². The summed E-state index contributed by atoms with van der Waals surface area (Å²) in [6, 6.07) is 0. The summed E-state index contributed by atoms with van der Waals surface area (Å²) in [5.74, 6) is -0.261. The summed E-state index contributed by atoms with van der Waals surface area (Å²) in [5, 5.41) is 0. The minimum atomic E-state index is -0.456. The first kappa shape index (κ1) is 15.4. The normalized spacial score (nSPS) is 13.6. The first-order valence-corrected chi connectivity index (χ1v) is 6.27. The first-order chi connectivity index (χ1) is 7.43. The van der Waals surface area contributed by atoms with E-state index in [9.17, 15) is 4.79 Å². The monoisotopic (exact) mass is 230 g/mol. The molecule has 96 valence electrons. The largest absolute Gasteiger partial charge is 0.458 e. The summed E-state index contributed by atoms with van der Waals surface area (Å²) < 4.78 is 10.8. The van der Waals surface area contributed by atoms with Gasteiger partial charge in [0.2, 0.25) is 0 Å². The Kier molecular flexibility index (Phi) is 7.39. The highest BCUT2D eigenvalue weighted by Gasteiger charge is 2.24. The van der Waals surface area contributed by atoms with E-state index < -0.39 is 11.7 Å². The van der Waals surface area contributed by atoms with E-state index in [4.69, 9.17) is 9.47 Å². The van der Waals surface area contributed by atoms with Crippen LogP contribution in [-0.4, -0.2) is 24.3 Å². The zero-order valence-electron chi connectivity index (χ0n) is 11.3. The van der Waals surface area contributed by atoms with Crippen LogP contribution >= 0.6 is 0 Å². The van der Waals surface area contributed by atoms with Gasteiger partial charge in [0.25, 0.3) is 0 Å². The fourth-order valence-electron chi connectivity index (χ4n) is 1.11. The Morgan fingerprint density at radius 1 is 1.25 bits per heavy atom. The Morgan fingerprint density at radius 3 is 2.38 bits per heavy atom. The molecule has 3 nitrogen and oxygen atoms in total. The van der Waals surface area contributed by atoms with Gasteiger partial charge in [0.15, 0.2) is 6.10 Å². The van der Waals surface area contributed by atoms with Crippen LogP contribution in [0.25, 0.3) is 0 Å². The van der Waals surface area contributed by atoms with E-state index in [2.05, 4.69) is 6.92 Å². The molecular formula is C13H26O3. The van der Waals surface area contributed by atoms with E-state index in [-0.39, 0.29) is 5.97 Å². The van der Waals surface area contributed by atoms with Gasteiger partial charge in [0, 0.05) is 6.61 Å². The number of ether oxygens (including phenoxy) is 2. The molecule has 1 unspecified atom stereocenters. The summed E-state index contributed by atoms with van der Waals surface area (Å²) in [7, 11) is 0. The van der Waals surface area contributed by atoms with Crippen LogP contribution in [0.15, 0.2) is 0 Å². The van der Waals surface area contributed by atoms with Gasteiger partial charge in [-0.3, -0.25) is 0 Å². The lowest BCUT2D eigenvalue weighted by molar-refractivity contribution is -0.169. The molecule has 0 aliphatic carbocycles. The molecule has 0 fully saturated rings. The number of carbonyl (C=O) groups excluding carboxylic acids is 1. The molecule has 0 bridgehead atoms. The molecule has 0 rings (SSSR count). The molecule has 0 N–H and O–H groups in total. The maximum atomic E-state index is 11.6. The summed E-state index contributed by atoms with van der Waals surface area (Å²) in [5.41, 5.74) is -0.391. The second-order valence-electron chi connectivity index (χ2n) is 4.75. The summed E-state index contributed by atoms with van der Waals surface area (Å²) in [4.78, 5) is 11.6. The van der Waals surface area contributed by atoms with Crippen LogP contribution in [0.5, 0.6) is 0 Å². The third kappa shape index (κ3) is 6.83. The van der Waals surface area contributed by atoms with Crippen LogP contribution in [0.1, 0.15) is 60.3 Å². The molecule has 0 heterocycles. The Balaban J connectivity index is 3.82. The molecule has 0 saturated carbocycles. The van der Waals surface area contributed by atoms with Crippen molar-refractivity contribution >= 4 is 5.97 Å². The van der Waals surface area contributed by atoms with Crippen LogP contribution < -0.4 is 0 Å².